The van der Waals surface area contributed by atoms with E-state index in [2.05, 4.69) is 25.4 Å². The van der Waals surface area contributed by atoms with E-state index in [1.807, 2.05) is 0 Å². The first-order valence-corrected chi connectivity index (χ1v) is 3.24. The highest BCUT2D eigenvalue weighted by Gasteiger charge is 1.82. The SMILES string of the molecule is CCOC(N)=O.c1ncncn1. The van der Waals surface area contributed by atoms with Crippen LogP contribution in [0.3, 0.4) is 0 Å². The molecule has 0 aliphatic rings. The van der Waals surface area contributed by atoms with Crippen LogP contribution in [0.5, 0.6) is 0 Å². The molecule has 0 saturated carbocycles. The van der Waals surface area contributed by atoms with E-state index in [9.17, 15) is 4.79 Å². The smallest absolute Gasteiger partial charge is 0.404 e. The fraction of sp³-hybridized carbons (Fsp3) is 0.333. The summed E-state index contributed by atoms with van der Waals surface area (Å²) in [5.74, 6) is 0. The van der Waals surface area contributed by atoms with Gasteiger partial charge in [0, 0.05) is 0 Å². The summed E-state index contributed by atoms with van der Waals surface area (Å²) in [5, 5.41) is 0. The summed E-state index contributed by atoms with van der Waals surface area (Å²) in [7, 11) is 0. The van der Waals surface area contributed by atoms with Gasteiger partial charge in [0.2, 0.25) is 0 Å². The standard InChI is InChI=1S/C3H3N3.C3H7NO2/c1-4-2-6-3-5-1;1-2-6-3(4)5/h1-3H;2H2,1H3,(H2,4,5). The van der Waals surface area contributed by atoms with Gasteiger partial charge in [-0.15, -0.1) is 0 Å². The molecule has 0 aliphatic carbocycles. The number of aromatic nitrogens is 3. The van der Waals surface area contributed by atoms with Crippen molar-refractivity contribution in [3.05, 3.63) is 19.0 Å². The molecule has 0 radical (unpaired) electrons. The summed E-state index contributed by atoms with van der Waals surface area (Å²) in [4.78, 5) is 20.3. The van der Waals surface area contributed by atoms with E-state index in [0.717, 1.165) is 0 Å². The number of nitrogens with two attached hydrogens (primary N) is 1. The Bertz CT molecular complexity index is 177. The maximum atomic E-state index is 9.60. The van der Waals surface area contributed by atoms with Crippen LogP contribution in [-0.4, -0.2) is 27.7 Å². The van der Waals surface area contributed by atoms with Crippen LogP contribution in [0.1, 0.15) is 6.92 Å². The Morgan fingerprint density at radius 3 is 1.83 bits per heavy atom. The van der Waals surface area contributed by atoms with E-state index in [1.165, 1.54) is 19.0 Å². The first-order valence-electron chi connectivity index (χ1n) is 3.24. The van der Waals surface area contributed by atoms with Crippen LogP contribution in [0.15, 0.2) is 19.0 Å². The molecule has 1 rings (SSSR count). The molecule has 12 heavy (non-hydrogen) atoms. The molecule has 0 unspecified atom stereocenters. The van der Waals surface area contributed by atoms with Crippen LogP contribution in [-0.2, 0) is 4.74 Å². The van der Waals surface area contributed by atoms with Gasteiger partial charge in [-0.3, -0.25) is 0 Å². The molecule has 0 fully saturated rings. The van der Waals surface area contributed by atoms with Gasteiger partial charge in [-0.2, -0.15) is 0 Å². The molecule has 0 aliphatic heterocycles. The van der Waals surface area contributed by atoms with E-state index >= 15 is 0 Å². The van der Waals surface area contributed by atoms with Crippen molar-refractivity contribution < 1.29 is 9.53 Å². The minimum atomic E-state index is -0.711. The van der Waals surface area contributed by atoms with Gasteiger partial charge in [-0.1, -0.05) is 0 Å². The van der Waals surface area contributed by atoms with Crippen LogP contribution in [0.25, 0.3) is 0 Å². The molecular weight excluding hydrogens is 160 g/mol. The number of nitrogens with zero attached hydrogens (tertiary/aromatic N) is 3. The van der Waals surface area contributed by atoms with Crippen molar-refractivity contribution in [1.82, 2.24) is 15.0 Å². The van der Waals surface area contributed by atoms with Crippen molar-refractivity contribution in [3.63, 3.8) is 0 Å². The zero-order valence-corrected chi connectivity index (χ0v) is 6.67. The van der Waals surface area contributed by atoms with Gasteiger partial charge >= 0.3 is 6.09 Å². The highest BCUT2D eigenvalue weighted by atomic mass is 16.5. The minimum absolute atomic E-state index is 0.356. The highest BCUT2D eigenvalue weighted by Crippen LogP contribution is 1.66. The number of carbonyl (C=O) groups is 1. The van der Waals surface area contributed by atoms with Crippen molar-refractivity contribution in [2.75, 3.05) is 6.61 Å². The van der Waals surface area contributed by atoms with Crippen LogP contribution < -0.4 is 5.73 Å². The number of carbonyl (C=O) groups excluding carboxylic acids is 1. The van der Waals surface area contributed by atoms with Gasteiger partial charge in [-0.25, -0.2) is 19.7 Å². The summed E-state index contributed by atoms with van der Waals surface area (Å²) in [6, 6.07) is 0. The molecule has 0 atom stereocenters. The highest BCUT2D eigenvalue weighted by molar-refractivity contribution is 5.64. The van der Waals surface area contributed by atoms with Crippen molar-refractivity contribution in [2.45, 2.75) is 6.92 Å². The first kappa shape index (κ1) is 10.3. The Morgan fingerprint density at radius 2 is 1.75 bits per heavy atom. The summed E-state index contributed by atoms with van der Waals surface area (Å²) in [6.45, 7) is 2.06. The molecule has 1 aromatic rings. The Labute approximate surface area is 69.8 Å². The number of rotatable bonds is 1. The van der Waals surface area contributed by atoms with E-state index in [0.29, 0.717) is 6.61 Å². The molecule has 0 aromatic carbocycles. The number of hydrogen-bond acceptors (Lipinski definition) is 5. The van der Waals surface area contributed by atoms with Crippen LogP contribution in [0.4, 0.5) is 4.79 Å². The molecular formula is C6H10N4O2. The Hall–Kier alpha value is -1.72. The second-order valence-electron chi connectivity index (χ2n) is 1.55. The van der Waals surface area contributed by atoms with Gasteiger partial charge in [-0.05, 0) is 6.92 Å². The molecule has 1 heterocycles. The predicted molar refractivity (Wildman–Crippen MR) is 41.0 cm³/mol. The molecule has 6 nitrogen and oxygen atoms in total. The Kier molecular flexibility index (Phi) is 6.33. The van der Waals surface area contributed by atoms with Crippen molar-refractivity contribution >= 4 is 6.09 Å². The van der Waals surface area contributed by atoms with Crippen molar-refractivity contribution in [2.24, 2.45) is 5.73 Å². The average molecular weight is 170 g/mol. The predicted octanol–water partition coefficient (Wildman–Crippen LogP) is -0.0268. The largest absolute Gasteiger partial charge is 0.450 e. The van der Waals surface area contributed by atoms with Crippen LogP contribution >= 0.6 is 0 Å². The molecule has 66 valence electrons. The quantitative estimate of drug-likeness (QED) is 0.639. The lowest BCUT2D eigenvalue weighted by molar-refractivity contribution is 0.163. The van der Waals surface area contributed by atoms with Crippen molar-refractivity contribution in [3.8, 4) is 0 Å². The number of hydrogen-bond donors (Lipinski definition) is 1. The summed E-state index contributed by atoms with van der Waals surface area (Å²) in [5.41, 5.74) is 4.54. The third-order valence-corrected chi connectivity index (χ3v) is 0.687. The molecule has 1 amide bonds. The summed E-state index contributed by atoms with van der Waals surface area (Å²) in [6.07, 6.45) is 3.60. The lowest BCUT2D eigenvalue weighted by Crippen LogP contribution is -2.11. The van der Waals surface area contributed by atoms with Gasteiger partial charge in [0.1, 0.15) is 19.0 Å². The summed E-state index contributed by atoms with van der Waals surface area (Å²) < 4.78 is 4.18. The maximum Gasteiger partial charge on any atom is 0.404 e. The normalized spacial score (nSPS) is 7.75. The van der Waals surface area contributed by atoms with Gasteiger partial charge in [0.05, 0.1) is 6.61 Å². The van der Waals surface area contributed by atoms with Gasteiger partial charge in [0.15, 0.2) is 0 Å². The lowest BCUT2D eigenvalue weighted by Gasteiger charge is -1.89. The second kappa shape index (κ2) is 7.39. The lowest BCUT2D eigenvalue weighted by atomic mass is 10.9. The van der Waals surface area contributed by atoms with E-state index in [-0.39, 0.29) is 0 Å². The fourth-order valence-electron chi connectivity index (χ4n) is 0.347. The topological polar surface area (TPSA) is 91.0 Å². The monoisotopic (exact) mass is 170 g/mol. The van der Waals surface area contributed by atoms with Gasteiger partial charge < -0.3 is 10.5 Å². The third-order valence-electron chi connectivity index (χ3n) is 0.687. The maximum absolute atomic E-state index is 9.60. The molecule has 0 spiro atoms. The minimum Gasteiger partial charge on any atom is -0.450 e. The molecule has 2 N–H and O–H groups in total. The fourth-order valence-corrected chi connectivity index (χ4v) is 0.347. The zero-order chi connectivity index (χ0) is 9.23. The molecule has 6 heteroatoms. The van der Waals surface area contributed by atoms with Crippen LogP contribution in [0.2, 0.25) is 0 Å². The third kappa shape index (κ3) is 8.28. The first-order chi connectivity index (χ1) is 5.77. The summed E-state index contributed by atoms with van der Waals surface area (Å²) >= 11 is 0. The molecule has 1 aromatic heterocycles. The second-order valence-corrected chi connectivity index (χ2v) is 1.55. The Balaban J connectivity index is 0.000000202. The number of ether oxygens (including phenoxy) is 1. The van der Waals surface area contributed by atoms with Crippen LogP contribution in [0, 0.1) is 0 Å². The molecule has 0 bridgehead atoms. The van der Waals surface area contributed by atoms with E-state index < -0.39 is 6.09 Å². The average Bonchev–Trinajstić information content (AvgIpc) is 2.08. The Morgan fingerprint density at radius 1 is 1.33 bits per heavy atom. The van der Waals surface area contributed by atoms with E-state index in [1.54, 1.807) is 6.92 Å². The van der Waals surface area contributed by atoms with E-state index in [4.69, 9.17) is 0 Å². The zero-order valence-electron chi connectivity index (χ0n) is 6.67. The van der Waals surface area contributed by atoms with Crippen molar-refractivity contribution in [1.29, 1.82) is 0 Å². The van der Waals surface area contributed by atoms with Gasteiger partial charge in [0.25, 0.3) is 0 Å². The number of primary amides is 1. The number of amides is 1. The molecule has 0 saturated heterocycles.